The molecule has 0 spiro atoms. The quantitative estimate of drug-likeness (QED) is 0.879. The van der Waals surface area contributed by atoms with Gasteiger partial charge in [0.2, 0.25) is 5.91 Å². The molecule has 0 aromatic heterocycles. The van der Waals surface area contributed by atoms with E-state index in [2.05, 4.69) is 21.2 Å². The number of nitrogens with one attached hydrogen (secondary N) is 1. The first-order valence-electron chi connectivity index (χ1n) is 5.96. The lowest BCUT2D eigenvalue weighted by molar-refractivity contribution is -0.141. The van der Waals surface area contributed by atoms with Crippen molar-refractivity contribution in [3.8, 4) is 0 Å². The minimum absolute atomic E-state index is 0.133. The van der Waals surface area contributed by atoms with E-state index in [1.165, 1.54) is 0 Å². The molecule has 4 nitrogen and oxygen atoms in total. The predicted molar refractivity (Wildman–Crippen MR) is 76.2 cm³/mol. The van der Waals surface area contributed by atoms with Crippen molar-refractivity contribution in [3.05, 3.63) is 27.7 Å². The van der Waals surface area contributed by atoms with E-state index in [0.29, 0.717) is 34.4 Å². The maximum Gasteiger partial charge on any atom is 0.306 e. The molecular weight excluding hydrogens is 334 g/mol. The van der Waals surface area contributed by atoms with Gasteiger partial charge in [0.05, 0.1) is 11.6 Å². The third-order valence-electron chi connectivity index (χ3n) is 3.34. The molecule has 0 unspecified atom stereocenters. The molecule has 0 radical (unpaired) electrons. The van der Waals surface area contributed by atoms with E-state index in [-0.39, 0.29) is 11.8 Å². The Labute approximate surface area is 124 Å². The smallest absolute Gasteiger partial charge is 0.306 e. The molecule has 1 aliphatic rings. The Morgan fingerprint density at radius 2 is 2.00 bits per heavy atom. The van der Waals surface area contributed by atoms with Crippen LogP contribution in [0.15, 0.2) is 22.7 Å². The highest BCUT2D eigenvalue weighted by atomic mass is 79.9. The summed E-state index contributed by atoms with van der Waals surface area (Å²) >= 11 is 9.15. The number of carboxylic acids is 1. The van der Waals surface area contributed by atoms with Crippen molar-refractivity contribution in [3.63, 3.8) is 0 Å². The van der Waals surface area contributed by atoms with Gasteiger partial charge in [0.25, 0.3) is 0 Å². The van der Waals surface area contributed by atoms with Crippen LogP contribution in [0.2, 0.25) is 5.02 Å². The van der Waals surface area contributed by atoms with E-state index >= 15 is 0 Å². The minimum atomic E-state index is -0.817. The highest BCUT2D eigenvalue weighted by Gasteiger charge is 2.33. The molecule has 1 aromatic carbocycles. The third-order valence-corrected chi connectivity index (χ3v) is 4.23. The Bertz CT molecular complexity index is 521. The van der Waals surface area contributed by atoms with E-state index in [1.807, 2.05) is 0 Å². The zero-order valence-corrected chi connectivity index (χ0v) is 12.4. The molecule has 19 heavy (non-hydrogen) atoms. The zero-order chi connectivity index (χ0) is 14.0. The fourth-order valence-electron chi connectivity index (χ4n) is 2.27. The van der Waals surface area contributed by atoms with E-state index in [4.69, 9.17) is 16.7 Å². The van der Waals surface area contributed by atoms with Crippen LogP contribution in [-0.4, -0.2) is 17.0 Å². The van der Waals surface area contributed by atoms with Crippen LogP contribution in [0.25, 0.3) is 0 Å². The zero-order valence-electron chi connectivity index (χ0n) is 10.0. The molecule has 1 aliphatic carbocycles. The van der Waals surface area contributed by atoms with Crippen LogP contribution in [0.3, 0.4) is 0 Å². The Morgan fingerprint density at radius 1 is 1.32 bits per heavy atom. The number of amides is 1. The molecule has 1 saturated carbocycles. The Balaban J connectivity index is 2.00. The second-order valence-electron chi connectivity index (χ2n) is 4.66. The van der Waals surface area contributed by atoms with Gasteiger partial charge < -0.3 is 10.4 Å². The number of halogens is 2. The van der Waals surface area contributed by atoms with Crippen molar-refractivity contribution < 1.29 is 14.7 Å². The van der Waals surface area contributed by atoms with Gasteiger partial charge >= 0.3 is 5.97 Å². The van der Waals surface area contributed by atoms with E-state index in [0.717, 1.165) is 0 Å². The van der Waals surface area contributed by atoms with Crippen LogP contribution in [0, 0.1) is 11.8 Å². The van der Waals surface area contributed by atoms with Crippen LogP contribution in [0.1, 0.15) is 19.3 Å². The normalized spacial score (nSPS) is 22.2. The van der Waals surface area contributed by atoms with Gasteiger partial charge in [-0.2, -0.15) is 0 Å². The van der Waals surface area contributed by atoms with Crippen LogP contribution in [0.4, 0.5) is 5.69 Å². The van der Waals surface area contributed by atoms with Crippen molar-refractivity contribution in [1.82, 2.24) is 0 Å². The summed E-state index contributed by atoms with van der Waals surface area (Å²) in [6.07, 6.45) is 1.59. The van der Waals surface area contributed by atoms with Crippen molar-refractivity contribution >= 4 is 45.1 Å². The van der Waals surface area contributed by atoms with Gasteiger partial charge in [-0.05, 0) is 53.4 Å². The average molecular weight is 347 g/mol. The SMILES string of the molecule is O=C(O)[C@H]1CC[C@@H](C(=O)Nc2ccc(Cl)cc2Br)C1. The van der Waals surface area contributed by atoms with Gasteiger partial charge in [-0.3, -0.25) is 9.59 Å². The number of hydrogen-bond donors (Lipinski definition) is 2. The first-order chi connectivity index (χ1) is 8.97. The lowest BCUT2D eigenvalue weighted by Crippen LogP contribution is -2.21. The van der Waals surface area contributed by atoms with Crippen LogP contribution < -0.4 is 5.32 Å². The molecule has 2 N–H and O–H groups in total. The Kier molecular flexibility index (Phi) is 4.47. The summed E-state index contributed by atoms with van der Waals surface area (Å²) in [6.45, 7) is 0. The number of carbonyl (C=O) groups is 2. The number of rotatable bonds is 3. The molecular formula is C13H13BrClNO3. The molecule has 2 atom stereocenters. The van der Waals surface area contributed by atoms with Crippen molar-refractivity contribution in [2.75, 3.05) is 5.32 Å². The van der Waals surface area contributed by atoms with Gasteiger partial charge in [0.1, 0.15) is 0 Å². The summed E-state index contributed by atoms with van der Waals surface area (Å²) in [4.78, 5) is 22.9. The minimum Gasteiger partial charge on any atom is -0.481 e. The summed E-state index contributed by atoms with van der Waals surface area (Å²) in [5, 5.41) is 12.3. The lowest BCUT2D eigenvalue weighted by atomic mass is 10.0. The van der Waals surface area contributed by atoms with Gasteiger partial charge in [0, 0.05) is 15.4 Å². The molecule has 102 valence electrons. The number of anilines is 1. The second-order valence-corrected chi connectivity index (χ2v) is 5.95. The Hall–Kier alpha value is -1.07. The molecule has 6 heteroatoms. The van der Waals surface area contributed by atoms with Crippen molar-refractivity contribution in [2.24, 2.45) is 11.8 Å². The monoisotopic (exact) mass is 345 g/mol. The average Bonchev–Trinajstić information content (AvgIpc) is 2.82. The molecule has 0 bridgehead atoms. The van der Waals surface area contributed by atoms with E-state index < -0.39 is 11.9 Å². The van der Waals surface area contributed by atoms with Crippen molar-refractivity contribution in [2.45, 2.75) is 19.3 Å². The molecule has 0 saturated heterocycles. The van der Waals surface area contributed by atoms with Gasteiger partial charge in [-0.1, -0.05) is 11.6 Å². The molecule has 2 rings (SSSR count). The number of benzene rings is 1. The highest BCUT2D eigenvalue weighted by molar-refractivity contribution is 9.10. The van der Waals surface area contributed by atoms with Crippen LogP contribution >= 0.6 is 27.5 Å². The summed E-state index contributed by atoms with van der Waals surface area (Å²) in [5.74, 6) is -1.58. The van der Waals surface area contributed by atoms with Gasteiger partial charge in [0.15, 0.2) is 0 Å². The largest absolute Gasteiger partial charge is 0.481 e. The summed E-state index contributed by atoms with van der Waals surface area (Å²) in [5.41, 5.74) is 0.646. The molecule has 0 aliphatic heterocycles. The van der Waals surface area contributed by atoms with Gasteiger partial charge in [-0.15, -0.1) is 0 Å². The standard InChI is InChI=1S/C13H13BrClNO3/c14-10-6-9(15)3-4-11(10)16-12(17)7-1-2-8(5-7)13(18)19/h3-4,6-8H,1-2,5H2,(H,16,17)(H,18,19)/t7-,8+/m1/s1. The number of carbonyl (C=O) groups excluding carboxylic acids is 1. The summed E-state index contributed by atoms with van der Waals surface area (Å²) in [7, 11) is 0. The number of hydrogen-bond acceptors (Lipinski definition) is 2. The lowest BCUT2D eigenvalue weighted by Gasteiger charge is -2.12. The van der Waals surface area contributed by atoms with Crippen molar-refractivity contribution in [1.29, 1.82) is 0 Å². The first-order valence-corrected chi connectivity index (χ1v) is 7.13. The maximum atomic E-state index is 12.1. The third kappa shape index (κ3) is 3.48. The van der Waals surface area contributed by atoms with E-state index in [9.17, 15) is 9.59 Å². The molecule has 1 fully saturated rings. The van der Waals surface area contributed by atoms with E-state index in [1.54, 1.807) is 18.2 Å². The number of carboxylic acid groups (broad SMARTS) is 1. The first kappa shape index (κ1) is 14.3. The van der Waals surface area contributed by atoms with Gasteiger partial charge in [-0.25, -0.2) is 0 Å². The number of aliphatic carboxylic acids is 1. The highest BCUT2D eigenvalue weighted by Crippen LogP contribution is 2.33. The second kappa shape index (κ2) is 5.92. The maximum absolute atomic E-state index is 12.1. The summed E-state index contributed by atoms with van der Waals surface area (Å²) < 4.78 is 0.709. The Morgan fingerprint density at radius 3 is 2.58 bits per heavy atom. The fraction of sp³-hybridized carbons (Fsp3) is 0.385. The predicted octanol–water partition coefficient (Wildman–Crippen LogP) is 3.54. The molecule has 1 aromatic rings. The van der Waals surface area contributed by atoms with Crippen LogP contribution in [-0.2, 0) is 9.59 Å². The van der Waals surface area contributed by atoms with Crippen LogP contribution in [0.5, 0.6) is 0 Å². The molecule has 1 amide bonds. The fourth-order valence-corrected chi connectivity index (χ4v) is 3.05. The summed E-state index contributed by atoms with van der Waals surface area (Å²) in [6, 6.07) is 5.11. The molecule has 0 heterocycles. The topological polar surface area (TPSA) is 66.4 Å².